The summed E-state index contributed by atoms with van der Waals surface area (Å²) < 4.78 is 0. The molecule has 49 heavy (non-hydrogen) atoms. The highest BCUT2D eigenvalue weighted by molar-refractivity contribution is 5.85. The molecule has 0 bridgehead atoms. The molecule has 0 radical (unpaired) electrons. The third-order valence-electron chi connectivity index (χ3n) is 7.10. The number of carboxylic acids is 3. The minimum absolute atomic E-state index is 0.0499. The van der Waals surface area contributed by atoms with Gasteiger partial charge in [0.1, 0.15) is 25.5 Å². The van der Waals surface area contributed by atoms with Crippen LogP contribution in [0.1, 0.15) is 11.1 Å². The topological polar surface area (TPSA) is 217 Å². The maximum absolute atomic E-state index is 12.9. The molecule has 2 aromatic carbocycles. The van der Waals surface area contributed by atoms with E-state index >= 15 is 0 Å². The van der Waals surface area contributed by atoms with Gasteiger partial charge in [0.15, 0.2) is 0 Å². The molecule has 0 aliphatic heterocycles. The van der Waals surface area contributed by atoms with Crippen LogP contribution in [0.4, 0.5) is 0 Å². The number of nitrogens with zero attached hydrogens (tertiary/aromatic N) is 3. The predicted molar refractivity (Wildman–Crippen MR) is 173 cm³/mol. The van der Waals surface area contributed by atoms with Crippen molar-refractivity contribution in [2.45, 2.75) is 24.9 Å². The Hall–Kier alpha value is -4.49. The van der Waals surface area contributed by atoms with E-state index in [0.29, 0.717) is 5.56 Å². The first-order valence-electron chi connectivity index (χ1n) is 15.3. The van der Waals surface area contributed by atoms with Crippen LogP contribution >= 0.6 is 0 Å². The number of aliphatic carboxylic acids is 3. The van der Waals surface area contributed by atoms with Gasteiger partial charge in [-0.1, -0.05) is 60.7 Å². The minimum Gasteiger partial charge on any atom is -0.480 e. The Kier molecular flexibility index (Phi) is 19.1. The van der Waals surface area contributed by atoms with E-state index in [0.717, 1.165) is 5.56 Å². The molecule has 0 saturated heterocycles. The maximum Gasteiger partial charge on any atom is 0.326 e. The van der Waals surface area contributed by atoms with E-state index in [-0.39, 0.29) is 65.6 Å². The number of hydrogen-bond donors (Lipinski definition) is 5. The zero-order valence-electron chi connectivity index (χ0n) is 27.6. The van der Waals surface area contributed by atoms with E-state index in [4.69, 9.17) is 14.7 Å². The molecule has 0 heterocycles. The second-order valence-electron chi connectivity index (χ2n) is 10.9. The fourth-order valence-electron chi connectivity index (χ4n) is 4.64. The molecule has 2 unspecified atom stereocenters. The van der Waals surface area contributed by atoms with Gasteiger partial charge >= 0.3 is 17.9 Å². The first-order chi connectivity index (χ1) is 23.5. The molecule has 5 N–H and O–H groups in total. The first kappa shape index (κ1) is 40.7. The van der Waals surface area contributed by atoms with Gasteiger partial charge in [-0.25, -0.2) is 29.1 Å². The van der Waals surface area contributed by atoms with Crippen molar-refractivity contribution in [3.8, 4) is 0 Å². The van der Waals surface area contributed by atoms with E-state index in [1.165, 1.54) is 19.1 Å². The second kappa shape index (κ2) is 23.0. The lowest BCUT2D eigenvalue weighted by molar-refractivity contribution is -0.300. The molecule has 17 heteroatoms. The highest BCUT2D eigenvalue weighted by Crippen LogP contribution is 2.06. The molecule has 0 spiro atoms. The van der Waals surface area contributed by atoms with Gasteiger partial charge in [-0.3, -0.25) is 29.1 Å². The van der Waals surface area contributed by atoms with Crippen LogP contribution in [0.25, 0.3) is 0 Å². The van der Waals surface area contributed by atoms with E-state index in [9.17, 15) is 39.3 Å². The molecule has 0 aliphatic rings. The van der Waals surface area contributed by atoms with Gasteiger partial charge in [0.25, 0.3) is 0 Å². The molecule has 2 atom stereocenters. The number of carbonyl (C=O) groups excluding carboxylic acids is 2. The average Bonchev–Trinajstić information content (AvgIpc) is 3.06. The highest BCUT2D eigenvalue weighted by Gasteiger charge is 2.24. The number of hydrogen-bond acceptors (Lipinski definition) is 12. The number of benzene rings is 2. The van der Waals surface area contributed by atoms with Crippen molar-refractivity contribution in [3.63, 3.8) is 0 Å². The number of nitrogens with one attached hydrogen (secondary N) is 2. The molecule has 0 aromatic heterocycles. The number of amides is 2. The van der Waals surface area contributed by atoms with Crippen molar-refractivity contribution in [2.75, 3.05) is 73.5 Å². The van der Waals surface area contributed by atoms with Crippen molar-refractivity contribution in [1.82, 2.24) is 25.3 Å². The largest absolute Gasteiger partial charge is 0.480 e. The van der Waals surface area contributed by atoms with Crippen LogP contribution in [0.3, 0.4) is 0 Å². The summed E-state index contributed by atoms with van der Waals surface area (Å²) in [5.74, 6) is -4.82. The van der Waals surface area contributed by atoms with Gasteiger partial charge in [0.2, 0.25) is 11.8 Å². The first-order valence-corrected chi connectivity index (χ1v) is 15.3. The molecule has 17 nitrogen and oxygen atoms in total. The SMILES string of the molecule is COOCN(CCN(COOC)CC(=O)NC(Cc1ccccc1)C(=O)O)CCN(CC(=O)O)CC(=O)NC(Cc1ccccc1)C(=O)O. The lowest BCUT2D eigenvalue weighted by Gasteiger charge is -2.28. The van der Waals surface area contributed by atoms with Crippen LogP contribution in [0.2, 0.25) is 0 Å². The molecule has 0 aliphatic carbocycles. The zero-order chi connectivity index (χ0) is 36.0. The van der Waals surface area contributed by atoms with Gasteiger partial charge in [-0.15, -0.1) is 0 Å². The molecule has 2 rings (SSSR count). The Morgan fingerprint density at radius 3 is 1.39 bits per heavy atom. The summed E-state index contributed by atoms with van der Waals surface area (Å²) in [6, 6.07) is 15.3. The number of carbonyl (C=O) groups is 5. The second-order valence-corrected chi connectivity index (χ2v) is 10.9. The molecule has 2 aromatic rings. The van der Waals surface area contributed by atoms with Gasteiger partial charge in [-0.2, -0.15) is 0 Å². The summed E-state index contributed by atoms with van der Waals surface area (Å²) in [5.41, 5.74) is 1.45. The van der Waals surface area contributed by atoms with Crippen LogP contribution in [0.5, 0.6) is 0 Å². The van der Waals surface area contributed by atoms with E-state index in [1.807, 2.05) is 0 Å². The third kappa shape index (κ3) is 17.5. The number of rotatable bonds is 26. The molecule has 2 amide bonds. The van der Waals surface area contributed by atoms with Gasteiger partial charge in [-0.05, 0) is 11.1 Å². The van der Waals surface area contributed by atoms with Crippen molar-refractivity contribution in [3.05, 3.63) is 71.8 Å². The van der Waals surface area contributed by atoms with Gasteiger partial charge < -0.3 is 26.0 Å². The fourth-order valence-corrected chi connectivity index (χ4v) is 4.64. The smallest absolute Gasteiger partial charge is 0.326 e. The lowest BCUT2D eigenvalue weighted by Crippen LogP contribution is -2.49. The minimum atomic E-state index is -1.23. The van der Waals surface area contributed by atoms with E-state index in [1.54, 1.807) is 70.5 Å². The summed E-state index contributed by atoms with van der Waals surface area (Å²) in [7, 11) is 2.61. The Morgan fingerprint density at radius 1 is 0.592 bits per heavy atom. The molecular weight excluding hydrogens is 646 g/mol. The predicted octanol–water partition coefficient (Wildman–Crippen LogP) is -0.328. The molecule has 270 valence electrons. The van der Waals surface area contributed by atoms with E-state index < -0.39 is 48.4 Å². The van der Waals surface area contributed by atoms with Crippen molar-refractivity contribution < 1.29 is 58.8 Å². The van der Waals surface area contributed by atoms with Crippen LogP contribution in [-0.4, -0.2) is 145 Å². The monoisotopic (exact) mass is 691 g/mol. The Bertz CT molecular complexity index is 1300. The summed E-state index contributed by atoms with van der Waals surface area (Å²) in [4.78, 5) is 85.1. The standard InChI is InChI=1S/C32H45N5O12/c1-46-48-22-35(13-15-36(21-30(40)41)19-28(38)33-26(31(42)43)17-24-9-5-3-6-10-24)14-16-37(23-49-47-2)20-29(39)34-27(32(44)45)18-25-11-7-4-8-12-25/h3-12,26-27H,13-23H2,1-2H3,(H,33,38)(H,34,39)(H,40,41)(H,42,43)(H,44,45). The zero-order valence-corrected chi connectivity index (χ0v) is 27.6. The maximum atomic E-state index is 12.9. The van der Waals surface area contributed by atoms with Crippen LogP contribution in [0, 0.1) is 0 Å². The van der Waals surface area contributed by atoms with Crippen LogP contribution in [-0.2, 0) is 56.4 Å². The Morgan fingerprint density at radius 2 is 0.980 bits per heavy atom. The average molecular weight is 692 g/mol. The van der Waals surface area contributed by atoms with Crippen LogP contribution < -0.4 is 10.6 Å². The number of carboxylic acid groups (broad SMARTS) is 3. The summed E-state index contributed by atoms with van der Waals surface area (Å²) in [5, 5.41) is 33.7. The van der Waals surface area contributed by atoms with Crippen LogP contribution in [0.15, 0.2) is 60.7 Å². The summed E-state index contributed by atoms with van der Waals surface area (Å²) in [6.45, 7) is -0.641. The van der Waals surface area contributed by atoms with Crippen molar-refractivity contribution in [2.24, 2.45) is 0 Å². The lowest BCUT2D eigenvalue weighted by atomic mass is 10.1. The fraction of sp³-hybridized carbons (Fsp3) is 0.469. The molecule has 0 saturated carbocycles. The normalized spacial score (nSPS) is 12.5. The van der Waals surface area contributed by atoms with Gasteiger partial charge in [0, 0.05) is 39.0 Å². The Balaban J connectivity index is 2.01. The van der Waals surface area contributed by atoms with E-state index in [2.05, 4.69) is 15.5 Å². The quantitative estimate of drug-likeness (QED) is 0.0485. The molecular formula is C32H45N5O12. The van der Waals surface area contributed by atoms with Crippen molar-refractivity contribution in [1.29, 1.82) is 0 Å². The van der Waals surface area contributed by atoms with Gasteiger partial charge in [0.05, 0.1) is 33.9 Å². The van der Waals surface area contributed by atoms with Crippen molar-refractivity contribution >= 4 is 29.7 Å². The Labute approximate surface area is 284 Å². The molecule has 0 fully saturated rings. The third-order valence-corrected chi connectivity index (χ3v) is 7.10. The summed E-state index contributed by atoms with van der Waals surface area (Å²) in [6.07, 6.45) is 0.141. The summed E-state index contributed by atoms with van der Waals surface area (Å²) >= 11 is 0. The highest BCUT2D eigenvalue weighted by atomic mass is 17.2.